The van der Waals surface area contributed by atoms with Crippen LogP contribution >= 0.6 is 9.44 Å². The number of hydrogen-bond acceptors (Lipinski definition) is 3. The fourth-order valence-electron chi connectivity index (χ4n) is 4.18. The molecule has 0 aliphatic rings. The first-order valence-corrected chi connectivity index (χ1v) is 12.3. The quantitative estimate of drug-likeness (QED) is 0.421. The Hall–Kier alpha value is -0.230. The van der Waals surface area contributed by atoms with Gasteiger partial charge in [-0.1, -0.05) is 33.8 Å². The van der Waals surface area contributed by atoms with Crippen molar-refractivity contribution in [2.24, 2.45) is 0 Å². The average Bonchev–Trinajstić information content (AvgIpc) is 2.56. The number of rotatable bonds is 11. The van der Waals surface area contributed by atoms with Crippen molar-refractivity contribution in [2.45, 2.75) is 53.4 Å². The summed E-state index contributed by atoms with van der Waals surface area (Å²) in [6.07, 6.45) is 4.00. The van der Waals surface area contributed by atoms with E-state index in [1.165, 1.54) is 12.1 Å². The maximum atomic E-state index is 13.0. The zero-order valence-electron chi connectivity index (χ0n) is 16.1. The van der Waals surface area contributed by atoms with Gasteiger partial charge in [-0.2, -0.15) is 9.44 Å². The second-order valence-electron chi connectivity index (χ2n) is 7.02. The predicted octanol–water partition coefficient (Wildman–Crippen LogP) is 4.25. The van der Waals surface area contributed by atoms with Crippen LogP contribution in [0, 0.1) is 0 Å². The first kappa shape index (κ1) is 25.8. The maximum absolute atomic E-state index is 13.0. The third-order valence-corrected chi connectivity index (χ3v) is 11.8. The first-order chi connectivity index (χ1) is 11.8. The number of hydrogen-bond donors (Lipinski definition) is 2. The van der Waals surface area contributed by atoms with Crippen molar-refractivity contribution in [1.82, 2.24) is 0 Å². The van der Waals surface area contributed by atoms with E-state index in [1.54, 1.807) is 12.1 Å². The summed E-state index contributed by atoms with van der Waals surface area (Å²) in [5, 5.41) is 9.17. The van der Waals surface area contributed by atoms with Crippen molar-refractivity contribution < 1.29 is 18.9 Å². The van der Waals surface area contributed by atoms with Crippen LogP contribution in [0.3, 0.4) is 0 Å². The predicted molar refractivity (Wildman–Crippen MR) is 117 cm³/mol. The molecule has 1 aromatic rings. The van der Waals surface area contributed by atoms with Gasteiger partial charge in [-0.25, -0.2) is 9.59 Å². The third kappa shape index (κ3) is 6.43. The molecule has 26 heavy (non-hydrogen) atoms. The molecule has 1 N–H and O–H groups in total. The van der Waals surface area contributed by atoms with Gasteiger partial charge < -0.3 is 9.29 Å². The molecular formula is C20H36CaO4S. The van der Waals surface area contributed by atoms with E-state index in [-0.39, 0.29) is 49.3 Å². The summed E-state index contributed by atoms with van der Waals surface area (Å²) >= 11 is 0. The summed E-state index contributed by atoms with van der Waals surface area (Å²) in [6.45, 7) is 8.62. The van der Waals surface area contributed by atoms with Gasteiger partial charge in [-0.3, -0.25) is 0 Å². The Bertz CT molecular complexity index is 568. The van der Waals surface area contributed by atoms with E-state index in [1.807, 2.05) is 0 Å². The molecule has 0 heterocycles. The summed E-state index contributed by atoms with van der Waals surface area (Å²) < 4.78 is 6.41. The summed E-state index contributed by atoms with van der Waals surface area (Å²) in [5.74, 6) is 2.47. The number of benzene rings is 1. The molecule has 0 aliphatic carbocycles. The van der Waals surface area contributed by atoms with E-state index >= 15 is 0 Å². The standard InChI is InChI=1S/C20H34O4S.Ca.2H/c1-5-12-25(13-6-2,14-7-3,15-8-4)24-20(23)18-11-9-10-17(16-18)19(21)22;;;/h9-11,16,25H,5-8,12-15H2,1-4H3,(H,21,22);;;. The molecule has 0 saturated carbocycles. The molecule has 0 radical (unpaired) electrons. The Balaban J connectivity index is 0.00000625. The summed E-state index contributed by atoms with van der Waals surface area (Å²) in [7, 11) is -2.62. The van der Waals surface area contributed by atoms with Crippen molar-refractivity contribution in [3.63, 3.8) is 0 Å². The molecule has 148 valence electrons. The molecule has 0 fully saturated rings. The van der Waals surface area contributed by atoms with Gasteiger partial charge in [-0.15, -0.1) is 0 Å². The molecule has 0 saturated heterocycles. The van der Waals surface area contributed by atoms with Crippen molar-refractivity contribution in [3.8, 4) is 0 Å². The molecule has 0 amide bonds. The number of carboxylic acid groups (broad SMARTS) is 1. The Kier molecular flexibility index (Phi) is 11.5. The van der Waals surface area contributed by atoms with Gasteiger partial charge in [-0.05, 0) is 66.9 Å². The van der Waals surface area contributed by atoms with Crippen molar-refractivity contribution in [1.29, 1.82) is 0 Å². The molecule has 0 aliphatic heterocycles. The second kappa shape index (κ2) is 11.6. The van der Waals surface area contributed by atoms with Crippen LogP contribution < -0.4 is 0 Å². The minimum atomic E-state index is -2.62. The molecule has 6 heteroatoms. The van der Waals surface area contributed by atoms with E-state index < -0.39 is 15.4 Å². The molecule has 0 bridgehead atoms. The zero-order chi connectivity index (χ0) is 18.9. The topological polar surface area (TPSA) is 63.6 Å². The van der Waals surface area contributed by atoms with E-state index in [0.29, 0.717) is 5.56 Å². The molecule has 4 nitrogen and oxygen atoms in total. The van der Waals surface area contributed by atoms with E-state index in [0.717, 1.165) is 48.7 Å². The summed E-state index contributed by atoms with van der Waals surface area (Å²) in [6, 6.07) is 6.17. The molecule has 0 spiro atoms. The normalized spacial score (nSPS) is 12.5. The van der Waals surface area contributed by atoms with Crippen LogP contribution in [0.2, 0.25) is 0 Å². The van der Waals surface area contributed by atoms with Gasteiger partial charge in [0.15, 0.2) is 0 Å². The number of carbonyl (C=O) groups is 2. The SMILES string of the molecule is CCC[SH](CCC)(CCC)(CCC)OC(=O)c1cccc(C(=O)O)c1.[CaH2]. The average molecular weight is 413 g/mol. The van der Waals surface area contributed by atoms with Crippen LogP contribution in [-0.4, -0.2) is 77.8 Å². The van der Waals surface area contributed by atoms with Gasteiger partial charge in [0.1, 0.15) is 0 Å². The second-order valence-corrected chi connectivity index (χ2v) is 12.7. The van der Waals surface area contributed by atoms with Crippen molar-refractivity contribution in [2.75, 3.05) is 23.0 Å². The molecular weight excluding hydrogens is 376 g/mol. The van der Waals surface area contributed by atoms with Crippen LogP contribution in [0.25, 0.3) is 0 Å². The number of thiol groups is 1. The monoisotopic (exact) mass is 412 g/mol. The van der Waals surface area contributed by atoms with Gasteiger partial charge in [0, 0.05) is 0 Å². The Morgan fingerprint density at radius 2 is 1.31 bits per heavy atom. The Morgan fingerprint density at radius 1 is 0.885 bits per heavy atom. The Morgan fingerprint density at radius 3 is 1.69 bits per heavy atom. The van der Waals surface area contributed by atoms with Crippen LogP contribution in [0.4, 0.5) is 0 Å². The van der Waals surface area contributed by atoms with Gasteiger partial charge >= 0.3 is 49.7 Å². The molecule has 1 rings (SSSR count). The minimum absolute atomic E-state index is 0. The summed E-state index contributed by atoms with van der Waals surface area (Å²) in [5.41, 5.74) is 0.458. The molecule has 0 atom stereocenters. The van der Waals surface area contributed by atoms with Crippen LogP contribution in [0.15, 0.2) is 24.3 Å². The molecule has 0 unspecified atom stereocenters. The third-order valence-electron chi connectivity index (χ3n) is 4.84. The van der Waals surface area contributed by atoms with E-state index in [4.69, 9.17) is 9.29 Å². The molecule has 1 aromatic carbocycles. The van der Waals surface area contributed by atoms with E-state index in [9.17, 15) is 9.59 Å². The first-order valence-electron chi connectivity index (χ1n) is 9.43. The van der Waals surface area contributed by atoms with Crippen molar-refractivity contribution >= 4 is 59.1 Å². The Labute approximate surface area is 188 Å². The van der Waals surface area contributed by atoms with E-state index in [2.05, 4.69) is 27.7 Å². The van der Waals surface area contributed by atoms with Gasteiger partial charge in [0.2, 0.25) is 0 Å². The number of aromatic carboxylic acids is 1. The number of carboxylic acids is 1. The number of carbonyl (C=O) groups excluding carboxylic acids is 1. The van der Waals surface area contributed by atoms with Crippen molar-refractivity contribution in [3.05, 3.63) is 35.4 Å². The van der Waals surface area contributed by atoms with Gasteiger partial charge in [0.25, 0.3) is 0 Å². The molecule has 0 aromatic heterocycles. The fraction of sp³-hybridized carbons (Fsp3) is 0.600. The van der Waals surface area contributed by atoms with Crippen LogP contribution in [0.5, 0.6) is 0 Å². The van der Waals surface area contributed by atoms with Crippen LogP contribution in [0.1, 0.15) is 74.1 Å². The van der Waals surface area contributed by atoms with Gasteiger partial charge in [0.05, 0.1) is 11.1 Å². The fourth-order valence-corrected chi connectivity index (χ4v) is 11.0. The van der Waals surface area contributed by atoms with Crippen LogP contribution in [-0.2, 0) is 4.18 Å². The summed E-state index contributed by atoms with van der Waals surface area (Å²) in [4.78, 5) is 24.1. The zero-order valence-corrected chi connectivity index (χ0v) is 17.0.